The predicted molar refractivity (Wildman–Crippen MR) is 109 cm³/mol. The van der Waals surface area contributed by atoms with Crippen LogP contribution in [0, 0.1) is 6.92 Å². The van der Waals surface area contributed by atoms with E-state index in [1.165, 1.54) is 0 Å². The quantitative estimate of drug-likeness (QED) is 0.675. The van der Waals surface area contributed by atoms with Crippen molar-refractivity contribution in [1.82, 2.24) is 20.4 Å². The monoisotopic (exact) mass is 410 g/mol. The Labute approximate surface area is 172 Å². The highest BCUT2D eigenvalue weighted by molar-refractivity contribution is 7.13. The van der Waals surface area contributed by atoms with Crippen LogP contribution < -0.4 is 5.32 Å². The summed E-state index contributed by atoms with van der Waals surface area (Å²) in [6.45, 7) is 2.84. The molecule has 1 N–H and O–H groups in total. The third kappa shape index (κ3) is 4.54. The Hall–Kier alpha value is -3.00. The van der Waals surface area contributed by atoms with E-state index in [4.69, 9.17) is 4.52 Å². The molecule has 3 aromatic rings. The Morgan fingerprint density at radius 3 is 2.83 bits per heavy atom. The number of nitrogens with one attached hydrogen (secondary N) is 1. The molecule has 3 heterocycles. The minimum atomic E-state index is -0.428. The molecule has 7 nitrogen and oxygen atoms in total. The number of carbonyl (C=O) groups excluding carboxylic acids is 2. The summed E-state index contributed by atoms with van der Waals surface area (Å²) in [5.74, 6) is 0.309. The lowest BCUT2D eigenvalue weighted by Crippen LogP contribution is -2.46. The van der Waals surface area contributed by atoms with Crippen LogP contribution in [0.2, 0.25) is 0 Å². The van der Waals surface area contributed by atoms with E-state index in [1.807, 2.05) is 42.9 Å². The van der Waals surface area contributed by atoms with Crippen molar-refractivity contribution in [2.24, 2.45) is 0 Å². The van der Waals surface area contributed by atoms with Crippen LogP contribution in [0.3, 0.4) is 0 Å². The molecule has 1 aliphatic heterocycles. The molecule has 150 valence electrons. The van der Waals surface area contributed by atoms with E-state index in [0.29, 0.717) is 25.3 Å². The summed E-state index contributed by atoms with van der Waals surface area (Å²) < 4.78 is 5.13. The minimum absolute atomic E-state index is 0.104. The fraction of sp³-hybridized carbons (Fsp3) is 0.333. The van der Waals surface area contributed by atoms with Crippen molar-refractivity contribution in [3.63, 3.8) is 0 Å². The summed E-state index contributed by atoms with van der Waals surface area (Å²) in [5.41, 5.74) is 4.67. The van der Waals surface area contributed by atoms with Gasteiger partial charge in [0.15, 0.2) is 0 Å². The highest BCUT2D eigenvalue weighted by atomic mass is 32.1. The third-order valence-corrected chi connectivity index (χ3v) is 5.84. The van der Waals surface area contributed by atoms with E-state index in [0.717, 1.165) is 28.1 Å². The first kappa shape index (κ1) is 19.3. The molecule has 29 heavy (non-hydrogen) atoms. The van der Waals surface area contributed by atoms with E-state index in [9.17, 15) is 9.59 Å². The van der Waals surface area contributed by atoms with Crippen molar-refractivity contribution in [3.05, 3.63) is 59.1 Å². The van der Waals surface area contributed by atoms with Gasteiger partial charge in [0, 0.05) is 25.4 Å². The van der Waals surface area contributed by atoms with Gasteiger partial charge in [0.1, 0.15) is 11.8 Å². The maximum Gasteiger partial charge on any atom is 0.243 e. The van der Waals surface area contributed by atoms with Crippen LogP contribution in [0.15, 0.2) is 46.6 Å². The second kappa shape index (κ2) is 8.57. The molecule has 1 aromatic carbocycles. The number of nitrogens with zero attached hydrogens (tertiary/aromatic N) is 3. The van der Waals surface area contributed by atoms with Crippen LogP contribution in [0.5, 0.6) is 0 Å². The predicted octanol–water partition coefficient (Wildman–Crippen LogP) is 2.96. The summed E-state index contributed by atoms with van der Waals surface area (Å²) in [6, 6.07) is 9.37. The molecule has 0 saturated carbocycles. The van der Waals surface area contributed by atoms with Gasteiger partial charge in [0.2, 0.25) is 11.8 Å². The van der Waals surface area contributed by atoms with Gasteiger partial charge in [-0.1, -0.05) is 29.4 Å². The lowest BCUT2D eigenvalue weighted by atomic mass is 10.1. The van der Waals surface area contributed by atoms with Crippen LogP contribution in [-0.4, -0.2) is 39.4 Å². The molecule has 8 heteroatoms. The van der Waals surface area contributed by atoms with Crippen LogP contribution in [0.1, 0.15) is 29.9 Å². The zero-order valence-corrected chi connectivity index (χ0v) is 16.9. The van der Waals surface area contributed by atoms with Crippen LogP contribution in [-0.2, 0) is 22.6 Å². The average Bonchev–Trinajstić information content (AvgIpc) is 3.48. The van der Waals surface area contributed by atoms with E-state index in [-0.39, 0.29) is 18.2 Å². The van der Waals surface area contributed by atoms with Crippen molar-refractivity contribution in [2.75, 3.05) is 6.54 Å². The lowest BCUT2D eigenvalue weighted by molar-refractivity contribution is -0.138. The molecule has 1 saturated heterocycles. The maximum atomic E-state index is 12.7. The average molecular weight is 410 g/mol. The maximum absolute atomic E-state index is 12.7. The first-order valence-corrected chi connectivity index (χ1v) is 10.5. The number of aromatic nitrogens is 2. The molecule has 0 bridgehead atoms. The second-order valence-corrected chi connectivity index (χ2v) is 8.02. The van der Waals surface area contributed by atoms with Gasteiger partial charge in [-0.2, -0.15) is 0 Å². The SMILES string of the molecule is Cc1cc(CC(=O)N2CCCC2C(=O)NCc2ccc(-c3cncs3)cc2)on1. The molecular formula is C21H22N4O3S. The van der Waals surface area contributed by atoms with Crippen LogP contribution in [0.4, 0.5) is 0 Å². The highest BCUT2D eigenvalue weighted by Crippen LogP contribution is 2.23. The van der Waals surface area contributed by atoms with Crippen LogP contribution in [0.25, 0.3) is 10.4 Å². The van der Waals surface area contributed by atoms with Crippen molar-refractivity contribution < 1.29 is 14.1 Å². The Morgan fingerprint density at radius 2 is 2.14 bits per heavy atom. The molecule has 1 fully saturated rings. The third-order valence-electron chi connectivity index (χ3n) is 5.02. The zero-order chi connectivity index (χ0) is 20.2. The standard InChI is InChI=1S/C21H22N4O3S/c1-14-9-17(28-24-14)10-20(26)25-8-2-3-18(25)21(27)23-11-15-4-6-16(7-5-15)19-12-22-13-29-19/h4-7,9,12-13,18H,2-3,8,10-11H2,1H3,(H,23,27). The smallest absolute Gasteiger partial charge is 0.243 e. The Balaban J connectivity index is 1.33. The number of hydrogen-bond donors (Lipinski definition) is 1. The number of thiazole rings is 1. The molecule has 4 rings (SSSR count). The minimum Gasteiger partial charge on any atom is -0.361 e. The second-order valence-electron chi connectivity index (χ2n) is 7.14. The fourth-order valence-corrected chi connectivity index (χ4v) is 4.17. The number of rotatable bonds is 6. The zero-order valence-electron chi connectivity index (χ0n) is 16.1. The van der Waals surface area contributed by atoms with Gasteiger partial charge in [-0.3, -0.25) is 14.6 Å². The number of carbonyl (C=O) groups is 2. The van der Waals surface area contributed by atoms with Crippen molar-refractivity contribution in [1.29, 1.82) is 0 Å². The molecule has 0 radical (unpaired) electrons. The fourth-order valence-electron chi connectivity index (χ4n) is 3.54. The topological polar surface area (TPSA) is 88.3 Å². The Bertz CT molecular complexity index is 982. The van der Waals surface area contributed by atoms with Crippen molar-refractivity contribution >= 4 is 23.2 Å². The molecular weight excluding hydrogens is 388 g/mol. The largest absolute Gasteiger partial charge is 0.361 e. The first-order chi connectivity index (χ1) is 14.1. The van der Waals surface area contributed by atoms with E-state index in [2.05, 4.69) is 15.5 Å². The van der Waals surface area contributed by atoms with Crippen LogP contribution >= 0.6 is 11.3 Å². The number of hydrogen-bond acceptors (Lipinski definition) is 6. The van der Waals surface area contributed by atoms with Gasteiger partial charge in [0.25, 0.3) is 0 Å². The van der Waals surface area contributed by atoms with Gasteiger partial charge in [0.05, 0.1) is 22.5 Å². The summed E-state index contributed by atoms with van der Waals surface area (Å²) in [6.07, 6.45) is 3.47. The number of aryl methyl sites for hydroxylation is 1. The normalized spacial score (nSPS) is 16.2. The van der Waals surface area contributed by atoms with Gasteiger partial charge in [-0.15, -0.1) is 11.3 Å². The van der Waals surface area contributed by atoms with Crippen molar-refractivity contribution in [3.8, 4) is 10.4 Å². The summed E-state index contributed by atoms with van der Waals surface area (Å²) in [4.78, 5) is 32.2. The Kier molecular flexibility index (Phi) is 5.71. The highest BCUT2D eigenvalue weighted by Gasteiger charge is 2.34. The molecule has 2 aromatic heterocycles. The molecule has 0 spiro atoms. The Morgan fingerprint density at radius 1 is 1.31 bits per heavy atom. The molecule has 2 amide bonds. The van der Waals surface area contributed by atoms with E-state index >= 15 is 0 Å². The van der Waals surface area contributed by atoms with Gasteiger partial charge in [-0.25, -0.2) is 0 Å². The summed E-state index contributed by atoms with van der Waals surface area (Å²) in [7, 11) is 0. The van der Waals surface area contributed by atoms with E-state index < -0.39 is 6.04 Å². The van der Waals surface area contributed by atoms with Gasteiger partial charge >= 0.3 is 0 Å². The summed E-state index contributed by atoms with van der Waals surface area (Å²) in [5, 5.41) is 6.78. The molecule has 1 atom stereocenters. The summed E-state index contributed by atoms with van der Waals surface area (Å²) >= 11 is 1.59. The number of amides is 2. The number of likely N-dealkylation sites (tertiary alicyclic amines) is 1. The molecule has 0 aliphatic carbocycles. The van der Waals surface area contributed by atoms with E-state index in [1.54, 1.807) is 22.3 Å². The van der Waals surface area contributed by atoms with Gasteiger partial charge < -0.3 is 14.7 Å². The molecule has 1 aliphatic rings. The van der Waals surface area contributed by atoms with Gasteiger partial charge in [-0.05, 0) is 30.9 Å². The van der Waals surface area contributed by atoms with Crippen molar-refractivity contribution in [2.45, 2.75) is 38.8 Å². The molecule has 1 unspecified atom stereocenters. The number of benzene rings is 1. The lowest BCUT2D eigenvalue weighted by Gasteiger charge is -2.23. The first-order valence-electron chi connectivity index (χ1n) is 9.57.